The number of hydrogen-bond donors (Lipinski definition) is 0. The first-order chi connectivity index (χ1) is 14.9. The predicted octanol–water partition coefficient (Wildman–Crippen LogP) is 6.40. The van der Waals surface area contributed by atoms with Gasteiger partial charge in [0.05, 0.1) is 25.7 Å². The number of thioether (sulfide) groups is 1. The van der Waals surface area contributed by atoms with Crippen molar-refractivity contribution in [1.29, 1.82) is 0 Å². The van der Waals surface area contributed by atoms with Gasteiger partial charge in [-0.05, 0) is 58.9 Å². The molecule has 1 heterocycles. The zero-order chi connectivity index (χ0) is 22.1. The van der Waals surface area contributed by atoms with E-state index in [1.54, 1.807) is 38.5 Å². The molecule has 0 saturated carbocycles. The second kappa shape index (κ2) is 8.83. The Kier molecular flexibility index (Phi) is 6.14. The number of methoxy groups -OCH3 is 2. The van der Waals surface area contributed by atoms with Crippen molar-refractivity contribution in [3.05, 3.63) is 74.6 Å². The first kappa shape index (κ1) is 21.6. The largest absolute Gasteiger partial charge is 0.497 e. The molecule has 2 amide bonds. The van der Waals surface area contributed by atoms with Crippen molar-refractivity contribution >= 4 is 63.0 Å². The highest BCUT2D eigenvalue weighted by atomic mass is 35.5. The van der Waals surface area contributed by atoms with E-state index in [0.29, 0.717) is 37.6 Å². The highest BCUT2D eigenvalue weighted by Gasteiger charge is 2.36. The summed E-state index contributed by atoms with van der Waals surface area (Å²) in [7, 11) is 3.15. The summed E-state index contributed by atoms with van der Waals surface area (Å²) in [5, 5.41) is 2.22. The Hall–Kier alpha value is -2.67. The van der Waals surface area contributed by atoms with Gasteiger partial charge in [0.15, 0.2) is 0 Å². The second-order valence-electron chi connectivity index (χ2n) is 6.74. The van der Waals surface area contributed by atoms with E-state index in [2.05, 4.69) is 0 Å². The minimum absolute atomic E-state index is 0.00100. The molecule has 0 bridgehead atoms. The third kappa shape index (κ3) is 4.11. The zero-order valence-corrected chi connectivity index (χ0v) is 19.0. The van der Waals surface area contributed by atoms with Crippen LogP contribution in [0.3, 0.4) is 0 Å². The standard InChI is InChI=1S/C23H17Cl2NO4S/c1-29-14-8-6-13-7-9-20(30-2)16(15(13)10-14)11-21-22(27)26(23(28)31-21)12-17-18(24)4-3-5-19(17)25/h3-11H,12H2,1-2H3/b21-11-. The van der Waals surface area contributed by atoms with Crippen LogP contribution < -0.4 is 9.47 Å². The molecule has 0 N–H and O–H groups in total. The number of hydrogen-bond acceptors (Lipinski definition) is 5. The predicted molar refractivity (Wildman–Crippen MR) is 125 cm³/mol. The fourth-order valence-corrected chi connectivity index (χ4v) is 4.70. The van der Waals surface area contributed by atoms with Gasteiger partial charge in [0.2, 0.25) is 0 Å². The lowest BCUT2D eigenvalue weighted by molar-refractivity contribution is -0.123. The van der Waals surface area contributed by atoms with Gasteiger partial charge in [-0.15, -0.1) is 0 Å². The Morgan fingerprint density at radius 1 is 1.00 bits per heavy atom. The number of rotatable bonds is 5. The van der Waals surface area contributed by atoms with Crippen LogP contribution in [0.4, 0.5) is 4.79 Å². The second-order valence-corrected chi connectivity index (χ2v) is 8.54. The highest BCUT2D eigenvalue weighted by molar-refractivity contribution is 8.18. The summed E-state index contributed by atoms with van der Waals surface area (Å²) in [5.41, 5.74) is 1.22. The van der Waals surface area contributed by atoms with E-state index in [1.165, 1.54) is 0 Å². The number of fused-ring (bicyclic) bond motifs is 1. The Morgan fingerprint density at radius 3 is 2.39 bits per heavy atom. The van der Waals surface area contributed by atoms with Crippen molar-refractivity contribution < 1.29 is 19.1 Å². The van der Waals surface area contributed by atoms with Crippen molar-refractivity contribution in [3.63, 3.8) is 0 Å². The summed E-state index contributed by atoms with van der Waals surface area (Å²) in [6.07, 6.45) is 1.68. The average molecular weight is 474 g/mol. The van der Waals surface area contributed by atoms with Crippen LogP contribution in [-0.2, 0) is 11.3 Å². The van der Waals surface area contributed by atoms with Crippen LogP contribution in [0.5, 0.6) is 11.5 Å². The number of imide groups is 1. The van der Waals surface area contributed by atoms with E-state index in [-0.39, 0.29) is 11.8 Å². The quantitative estimate of drug-likeness (QED) is 0.401. The molecular formula is C23H17Cl2NO4S. The van der Waals surface area contributed by atoms with E-state index in [9.17, 15) is 9.59 Å². The van der Waals surface area contributed by atoms with Gasteiger partial charge >= 0.3 is 0 Å². The number of halogens is 2. The van der Waals surface area contributed by atoms with Crippen molar-refractivity contribution in [2.75, 3.05) is 14.2 Å². The Bertz CT molecular complexity index is 1220. The maximum atomic E-state index is 13.1. The summed E-state index contributed by atoms with van der Waals surface area (Å²) in [4.78, 5) is 27.1. The Morgan fingerprint density at radius 2 is 1.71 bits per heavy atom. The summed E-state index contributed by atoms with van der Waals surface area (Å²) >= 11 is 13.3. The third-order valence-electron chi connectivity index (χ3n) is 4.98. The minimum Gasteiger partial charge on any atom is -0.497 e. The summed E-state index contributed by atoms with van der Waals surface area (Å²) in [6.45, 7) is 0.00100. The van der Waals surface area contributed by atoms with Gasteiger partial charge in [-0.3, -0.25) is 14.5 Å². The van der Waals surface area contributed by atoms with Crippen LogP contribution in [0.15, 0.2) is 53.4 Å². The molecule has 0 aliphatic carbocycles. The molecule has 31 heavy (non-hydrogen) atoms. The summed E-state index contributed by atoms with van der Waals surface area (Å²) < 4.78 is 10.9. The molecule has 1 fully saturated rings. The molecule has 0 aromatic heterocycles. The van der Waals surface area contributed by atoms with E-state index in [4.69, 9.17) is 32.7 Å². The molecular weight excluding hydrogens is 457 g/mol. The smallest absolute Gasteiger partial charge is 0.293 e. The maximum absolute atomic E-state index is 13.1. The van der Waals surface area contributed by atoms with Crippen molar-refractivity contribution in [2.45, 2.75) is 6.54 Å². The van der Waals surface area contributed by atoms with Gasteiger partial charge in [0.1, 0.15) is 11.5 Å². The number of amides is 2. The number of nitrogens with zero attached hydrogens (tertiary/aromatic N) is 1. The van der Waals surface area contributed by atoms with Gasteiger partial charge in [-0.25, -0.2) is 0 Å². The molecule has 3 aromatic carbocycles. The number of ether oxygens (including phenoxy) is 2. The highest BCUT2D eigenvalue weighted by Crippen LogP contribution is 2.39. The first-order valence-corrected chi connectivity index (χ1v) is 10.8. The monoisotopic (exact) mass is 473 g/mol. The normalized spacial score (nSPS) is 15.2. The van der Waals surface area contributed by atoms with Gasteiger partial charge in [-0.2, -0.15) is 0 Å². The van der Waals surface area contributed by atoms with E-state index in [0.717, 1.165) is 27.4 Å². The van der Waals surface area contributed by atoms with Crippen LogP contribution in [0.2, 0.25) is 10.0 Å². The Labute approximate surface area is 193 Å². The number of benzene rings is 3. The first-order valence-electron chi connectivity index (χ1n) is 9.26. The van der Waals surface area contributed by atoms with E-state index < -0.39 is 5.91 Å². The number of carbonyl (C=O) groups excluding carboxylic acids is 2. The fraction of sp³-hybridized carbons (Fsp3) is 0.130. The fourth-order valence-electron chi connectivity index (χ4n) is 3.36. The molecule has 0 radical (unpaired) electrons. The molecule has 4 rings (SSSR count). The zero-order valence-electron chi connectivity index (χ0n) is 16.6. The minimum atomic E-state index is -0.409. The van der Waals surface area contributed by atoms with Gasteiger partial charge in [-0.1, -0.05) is 41.4 Å². The van der Waals surface area contributed by atoms with Crippen molar-refractivity contribution in [1.82, 2.24) is 4.90 Å². The SMILES string of the molecule is COc1ccc2ccc(OC)c(/C=C3\SC(=O)N(Cc4c(Cl)cccc4Cl)C3=O)c2c1. The van der Waals surface area contributed by atoms with Gasteiger partial charge in [0, 0.05) is 21.2 Å². The summed E-state index contributed by atoms with van der Waals surface area (Å²) in [6, 6.07) is 14.5. The van der Waals surface area contributed by atoms with Crippen LogP contribution in [0, 0.1) is 0 Å². The molecule has 1 saturated heterocycles. The molecule has 1 aliphatic rings. The summed E-state index contributed by atoms with van der Waals surface area (Å²) in [5.74, 6) is 0.853. The molecule has 158 valence electrons. The van der Waals surface area contributed by atoms with E-state index in [1.807, 2.05) is 30.3 Å². The molecule has 1 aliphatic heterocycles. The lowest BCUT2D eigenvalue weighted by Crippen LogP contribution is -2.27. The van der Waals surface area contributed by atoms with Crippen LogP contribution in [0.25, 0.3) is 16.8 Å². The van der Waals surface area contributed by atoms with E-state index >= 15 is 0 Å². The molecule has 3 aromatic rings. The molecule has 8 heteroatoms. The molecule has 0 atom stereocenters. The van der Waals surface area contributed by atoms with Crippen LogP contribution in [0.1, 0.15) is 11.1 Å². The van der Waals surface area contributed by atoms with Crippen molar-refractivity contribution in [3.8, 4) is 11.5 Å². The van der Waals surface area contributed by atoms with Crippen molar-refractivity contribution in [2.24, 2.45) is 0 Å². The van der Waals surface area contributed by atoms with Gasteiger partial charge in [0.25, 0.3) is 11.1 Å². The molecule has 5 nitrogen and oxygen atoms in total. The topological polar surface area (TPSA) is 55.8 Å². The maximum Gasteiger partial charge on any atom is 0.293 e. The Balaban J connectivity index is 1.75. The lowest BCUT2D eigenvalue weighted by Gasteiger charge is -2.15. The van der Waals surface area contributed by atoms with Crippen LogP contribution in [-0.4, -0.2) is 30.3 Å². The lowest BCUT2D eigenvalue weighted by atomic mass is 10.0. The average Bonchev–Trinajstić information content (AvgIpc) is 3.03. The molecule has 0 unspecified atom stereocenters. The van der Waals surface area contributed by atoms with Gasteiger partial charge < -0.3 is 9.47 Å². The number of carbonyl (C=O) groups is 2. The third-order valence-corrected chi connectivity index (χ3v) is 6.59. The van der Waals surface area contributed by atoms with Crippen LogP contribution >= 0.6 is 35.0 Å². The molecule has 0 spiro atoms.